The van der Waals surface area contributed by atoms with Gasteiger partial charge in [-0.2, -0.15) is 0 Å². The van der Waals surface area contributed by atoms with Crippen LogP contribution in [0.2, 0.25) is 0 Å². The molecule has 0 saturated heterocycles. The average Bonchev–Trinajstić information content (AvgIpc) is 3.15. The van der Waals surface area contributed by atoms with Crippen LogP contribution < -0.4 is 0 Å². The van der Waals surface area contributed by atoms with Gasteiger partial charge in [-0.15, -0.1) is 35.0 Å². The molecule has 1 fully saturated rings. The van der Waals surface area contributed by atoms with Crippen LogP contribution in [0, 0.1) is 12.6 Å². The molecule has 2 unspecified atom stereocenters. The third kappa shape index (κ3) is 1.66. The molecule has 1 heterocycles. The van der Waals surface area contributed by atoms with Gasteiger partial charge < -0.3 is 4.98 Å². The second kappa shape index (κ2) is 4.88. The maximum Gasteiger partial charge on any atom is 0.154 e. The van der Waals surface area contributed by atoms with Crippen molar-refractivity contribution in [1.29, 1.82) is 0 Å². The Balaban J connectivity index is 0.00000125. The summed E-state index contributed by atoms with van der Waals surface area (Å²) in [5.74, 6) is 1.38. The van der Waals surface area contributed by atoms with Gasteiger partial charge in [0.15, 0.2) is 5.69 Å². The summed E-state index contributed by atoms with van der Waals surface area (Å²) >= 11 is 0. The molecular weight excluding hydrogens is 448 g/mol. The summed E-state index contributed by atoms with van der Waals surface area (Å²) in [6.45, 7) is 7.49. The smallest absolute Gasteiger partial charge is 0.154 e. The van der Waals surface area contributed by atoms with E-state index in [-0.39, 0.29) is 20.1 Å². The van der Waals surface area contributed by atoms with E-state index in [2.05, 4.69) is 23.2 Å². The molecule has 2 aliphatic rings. The van der Waals surface area contributed by atoms with Crippen molar-refractivity contribution < 1.29 is 20.1 Å². The van der Waals surface area contributed by atoms with Crippen LogP contribution in [0.4, 0.5) is 5.69 Å². The fraction of sp³-hybridized carbons (Fsp3) is 0.263. The Bertz CT molecular complexity index is 955. The minimum atomic E-state index is 0. The van der Waals surface area contributed by atoms with E-state index in [9.17, 15) is 0 Å². The minimum Gasteiger partial charge on any atom is -0.304 e. The summed E-state index contributed by atoms with van der Waals surface area (Å²) in [6, 6.07) is 11.2. The predicted octanol–water partition coefficient (Wildman–Crippen LogP) is 5.10. The first-order valence-electron chi connectivity index (χ1n) is 7.50. The van der Waals surface area contributed by atoms with E-state index in [1.54, 1.807) is 0 Å². The number of hydrogen-bond acceptors (Lipinski definition) is 1. The largest absolute Gasteiger partial charge is 0.304 e. The molecule has 3 aromatic rings. The summed E-state index contributed by atoms with van der Waals surface area (Å²) in [5, 5.41) is 3.16. The number of rotatable bonds is 0. The van der Waals surface area contributed by atoms with Gasteiger partial charge in [-0.3, -0.25) is 0 Å². The van der Waals surface area contributed by atoms with Gasteiger partial charge in [-0.1, -0.05) is 6.07 Å². The van der Waals surface area contributed by atoms with E-state index in [4.69, 9.17) is 11.6 Å². The van der Waals surface area contributed by atoms with Crippen molar-refractivity contribution in [2.45, 2.75) is 31.1 Å². The summed E-state index contributed by atoms with van der Waals surface area (Å²) in [4.78, 5) is 8.48. The quantitative estimate of drug-likeness (QED) is 0.336. The van der Waals surface area contributed by atoms with Crippen molar-refractivity contribution in [3.8, 4) is 0 Å². The number of nitrogens with zero attached hydrogens (tertiary/aromatic N) is 2. The van der Waals surface area contributed by atoms with Gasteiger partial charge >= 0.3 is 0 Å². The van der Waals surface area contributed by atoms with Gasteiger partial charge in [0.1, 0.15) is 0 Å². The number of fused-ring (bicyclic) bond motifs is 9. The molecule has 2 aliphatic carbocycles. The van der Waals surface area contributed by atoms with E-state index in [1.807, 2.05) is 18.2 Å². The van der Waals surface area contributed by atoms with E-state index in [1.165, 1.54) is 35.8 Å². The first-order valence-corrected chi connectivity index (χ1v) is 7.50. The Kier molecular flexibility index (Phi) is 3.08. The van der Waals surface area contributed by atoms with Gasteiger partial charge in [0.25, 0.3) is 0 Å². The first kappa shape index (κ1) is 13.9. The molecule has 0 aliphatic heterocycles. The number of hydrogen-bond donors (Lipinski definition) is 0. The van der Waals surface area contributed by atoms with Crippen LogP contribution in [-0.4, -0.2) is 4.98 Å². The molecule has 1 aromatic heterocycles. The van der Waals surface area contributed by atoms with Crippen LogP contribution in [0.3, 0.4) is 0 Å². The second-order valence-corrected chi connectivity index (χ2v) is 6.20. The SMILES string of the molecule is [C-]#[N+]c1cc2c3c(cnc2c2[c-]cccc12)C1CCC3C1.[Ir]. The first-order chi connectivity index (χ1) is 10.4. The van der Waals surface area contributed by atoms with Crippen molar-refractivity contribution in [3.63, 3.8) is 0 Å². The fourth-order valence-corrected chi connectivity index (χ4v) is 4.36. The minimum absolute atomic E-state index is 0. The Hall–Kier alpha value is -1.75. The third-order valence-electron chi connectivity index (χ3n) is 5.24. The van der Waals surface area contributed by atoms with Crippen molar-refractivity contribution >= 4 is 27.4 Å². The summed E-state index contributed by atoms with van der Waals surface area (Å²) in [7, 11) is 0. The van der Waals surface area contributed by atoms with Gasteiger partial charge in [0.2, 0.25) is 0 Å². The molecule has 109 valence electrons. The zero-order chi connectivity index (χ0) is 14.0. The standard InChI is InChI=1S/C19H13N2.Ir/c1-20-17-9-15-18-12-7-6-11(8-12)16(18)10-21-19(15)14-5-3-2-4-13(14)17;/h2-4,9-12H,6-8H2;/q-1;. The van der Waals surface area contributed by atoms with Crippen molar-refractivity contribution in [1.82, 2.24) is 4.98 Å². The fourth-order valence-electron chi connectivity index (χ4n) is 4.36. The van der Waals surface area contributed by atoms with Crippen LogP contribution in [-0.2, 0) is 20.1 Å². The predicted molar refractivity (Wildman–Crippen MR) is 83.7 cm³/mol. The Morgan fingerprint density at radius 2 is 2.09 bits per heavy atom. The van der Waals surface area contributed by atoms with Gasteiger partial charge in [0.05, 0.1) is 6.57 Å². The Morgan fingerprint density at radius 1 is 1.23 bits per heavy atom. The normalized spacial score (nSPS) is 21.6. The molecule has 1 saturated carbocycles. The van der Waals surface area contributed by atoms with Gasteiger partial charge in [-0.05, 0) is 53.1 Å². The zero-order valence-corrected chi connectivity index (χ0v) is 14.3. The maximum absolute atomic E-state index is 7.49. The van der Waals surface area contributed by atoms with Crippen LogP contribution in [0.1, 0.15) is 42.2 Å². The average molecular weight is 462 g/mol. The van der Waals surface area contributed by atoms with Crippen molar-refractivity contribution in [2.75, 3.05) is 0 Å². The van der Waals surface area contributed by atoms with E-state index >= 15 is 0 Å². The molecule has 22 heavy (non-hydrogen) atoms. The van der Waals surface area contributed by atoms with Crippen LogP contribution >= 0.6 is 0 Å². The molecule has 2 atom stereocenters. The molecule has 3 heteroatoms. The van der Waals surface area contributed by atoms with Crippen LogP contribution in [0.15, 0.2) is 30.5 Å². The second-order valence-electron chi connectivity index (χ2n) is 6.20. The molecular formula is C19H13IrN2-. The van der Waals surface area contributed by atoms with E-state index in [0.717, 1.165) is 22.0 Å². The maximum atomic E-state index is 7.49. The number of pyridine rings is 1. The Labute approximate surface area is 142 Å². The topological polar surface area (TPSA) is 17.2 Å². The zero-order valence-electron chi connectivity index (χ0n) is 11.9. The molecule has 0 N–H and O–H groups in total. The molecule has 2 nitrogen and oxygen atoms in total. The van der Waals surface area contributed by atoms with Gasteiger partial charge in [0, 0.05) is 26.3 Å². The third-order valence-corrected chi connectivity index (χ3v) is 5.24. The molecule has 0 spiro atoms. The molecule has 5 rings (SSSR count). The summed E-state index contributed by atoms with van der Waals surface area (Å²) in [6.07, 6.45) is 5.96. The van der Waals surface area contributed by atoms with Gasteiger partial charge in [-0.25, -0.2) is 4.85 Å². The Morgan fingerprint density at radius 3 is 2.95 bits per heavy atom. The summed E-state index contributed by atoms with van der Waals surface area (Å²) < 4.78 is 0. The van der Waals surface area contributed by atoms with Crippen LogP contribution in [0.5, 0.6) is 0 Å². The molecule has 2 bridgehead atoms. The number of benzene rings is 2. The molecule has 2 aromatic carbocycles. The van der Waals surface area contributed by atoms with E-state index < -0.39 is 0 Å². The molecule has 1 radical (unpaired) electrons. The van der Waals surface area contributed by atoms with E-state index in [0.29, 0.717) is 11.8 Å². The monoisotopic (exact) mass is 462 g/mol. The van der Waals surface area contributed by atoms with Crippen molar-refractivity contribution in [3.05, 3.63) is 59.1 Å². The van der Waals surface area contributed by atoms with Crippen LogP contribution in [0.25, 0.3) is 26.5 Å². The van der Waals surface area contributed by atoms with Crippen molar-refractivity contribution in [2.24, 2.45) is 0 Å². The number of aromatic nitrogens is 1. The molecule has 0 amide bonds. The summed E-state index contributed by atoms with van der Waals surface area (Å²) in [5.41, 5.74) is 4.65.